The highest BCUT2D eigenvalue weighted by Crippen LogP contribution is 2.35. The molecule has 22 heavy (non-hydrogen) atoms. The Balaban J connectivity index is 1.58. The Hall–Kier alpha value is -1.53. The monoisotopic (exact) mass is 333 g/mol. The predicted octanol–water partition coefficient (Wildman–Crippen LogP) is 3.54. The minimum absolute atomic E-state index is 0.0898. The number of anilines is 1. The quantitative estimate of drug-likeness (QED) is 0.821. The molecule has 1 amide bonds. The van der Waals surface area contributed by atoms with Gasteiger partial charge in [-0.3, -0.25) is 4.79 Å². The second-order valence-corrected chi connectivity index (χ2v) is 7.65. The maximum Gasteiger partial charge on any atom is 0.230 e. The van der Waals surface area contributed by atoms with Crippen molar-refractivity contribution < 1.29 is 4.79 Å². The van der Waals surface area contributed by atoms with Gasteiger partial charge >= 0.3 is 0 Å². The predicted molar refractivity (Wildman–Crippen MR) is 93.1 cm³/mol. The zero-order valence-electron chi connectivity index (χ0n) is 12.2. The maximum atomic E-state index is 11.9. The molecule has 116 valence electrons. The number of amides is 1. The lowest BCUT2D eigenvalue weighted by atomic mass is 10.2. The highest BCUT2D eigenvalue weighted by atomic mass is 32.2. The van der Waals surface area contributed by atoms with Crippen LogP contribution in [0.25, 0.3) is 11.3 Å². The molecule has 4 nitrogen and oxygen atoms in total. The molecule has 0 aliphatic heterocycles. The van der Waals surface area contributed by atoms with E-state index in [-0.39, 0.29) is 5.91 Å². The number of rotatable bonds is 5. The molecular weight excluding hydrogens is 314 g/mol. The normalized spacial score (nSPS) is 15.1. The van der Waals surface area contributed by atoms with Crippen LogP contribution in [0, 0.1) is 0 Å². The lowest BCUT2D eigenvalue weighted by molar-refractivity contribution is -0.119. The maximum absolute atomic E-state index is 11.9. The highest BCUT2D eigenvalue weighted by Gasteiger charge is 2.18. The fraction of sp³-hybridized carbons (Fsp3) is 0.375. The van der Waals surface area contributed by atoms with E-state index in [1.165, 1.54) is 35.9 Å². The molecule has 0 atom stereocenters. The number of thioether (sulfide) groups is 1. The summed E-state index contributed by atoms with van der Waals surface area (Å²) in [6.07, 6.45) is 4.67. The fourth-order valence-electron chi connectivity index (χ4n) is 2.64. The number of nitrogen functional groups attached to an aromatic ring is 1. The van der Waals surface area contributed by atoms with Gasteiger partial charge in [-0.1, -0.05) is 66.3 Å². The third kappa shape index (κ3) is 3.81. The third-order valence-electron chi connectivity index (χ3n) is 3.73. The molecule has 1 aliphatic carbocycles. The molecule has 1 saturated carbocycles. The topological polar surface area (TPSA) is 68.0 Å². The van der Waals surface area contributed by atoms with Crippen LogP contribution in [0.1, 0.15) is 25.7 Å². The second kappa shape index (κ2) is 7.15. The molecule has 0 spiro atoms. The molecule has 1 aromatic heterocycles. The first kappa shape index (κ1) is 15.4. The summed E-state index contributed by atoms with van der Waals surface area (Å²) >= 11 is 2.90. The number of benzene rings is 1. The summed E-state index contributed by atoms with van der Waals surface area (Å²) in [5.74, 6) is 0.490. The number of nitrogens with zero attached hydrogens (tertiary/aromatic N) is 1. The highest BCUT2D eigenvalue weighted by molar-refractivity contribution is 8.01. The van der Waals surface area contributed by atoms with Gasteiger partial charge in [0.05, 0.1) is 5.75 Å². The van der Waals surface area contributed by atoms with Crippen LogP contribution < -0.4 is 11.1 Å². The molecule has 0 unspecified atom stereocenters. The van der Waals surface area contributed by atoms with Gasteiger partial charge in [0.2, 0.25) is 5.91 Å². The van der Waals surface area contributed by atoms with E-state index in [0.29, 0.717) is 16.8 Å². The van der Waals surface area contributed by atoms with Crippen LogP contribution in [-0.2, 0) is 4.79 Å². The Morgan fingerprint density at radius 3 is 2.77 bits per heavy atom. The number of carbonyl (C=O) groups is 1. The molecule has 1 fully saturated rings. The van der Waals surface area contributed by atoms with Crippen molar-refractivity contribution in [1.82, 2.24) is 10.3 Å². The van der Waals surface area contributed by atoms with Crippen LogP contribution in [0.2, 0.25) is 0 Å². The van der Waals surface area contributed by atoms with Gasteiger partial charge in [-0.25, -0.2) is 4.98 Å². The summed E-state index contributed by atoms with van der Waals surface area (Å²) < 4.78 is 0.845. The zero-order valence-corrected chi connectivity index (χ0v) is 13.9. The summed E-state index contributed by atoms with van der Waals surface area (Å²) in [6.45, 7) is 0. The zero-order chi connectivity index (χ0) is 15.4. The van der Waals surface area contributed by atoms with Crippen LogP contribution in [0.5, 0.6) is 0 Å². The molecule has 0 saturated heterocycles. The first-order valence-corrected chi connectivity index (χ1v) is 9.26. The van der Waals surface area contributed by atoms with E-state index in [0.717, 1.165) is 28.4 Å². The summed E-state index contributed by atoms with van der Waals surface area (Å²) in [5.41, 5.74) is 7.88. The number of nitrogens with two attached hydrogens (primary N) is 1. The molecule has 0 bridgehead atoms. The number of aromatic nitrogens is 1. The molecule has 1 heterocycles. The van der Waals surface area contributed by atoms with E-state index in [2.05, 4.69) is 10.3 Å². The average Bonchev–Trinajstić information content (AvgIpc) is 3.16. The Bertz CT molecular complexity index is 636. The lowest BCUT2D eigenvalue weighted by Gasteiger charge is -2.10. The molecular formula is C16H19N3OS2. The van der Waals surface area contributed by atoms with Gasteiger partial charge in [0.1, 0.15) is 10.7 Å². The van der Waals surface area contributed by atoms with E-state index in [4.69, 9.17) is 5.73 Å². The van der Waals surface area contributed by atoms with Crippen molar-refractivity contribution in [2.75, 3.05) is 11.5 Å². The first-order valence-electron chi connectivity index (χ1n) is 7.46. The van der Waals surface area contributed by atoms with Crippen LogP contribution in [0.3, 0.4) is 0 Å². The van der Waals surface area contributed by atoms with E-state index < -0.39 is 0 Å². The number of thiazole rings is 1. The molecule has 1 aliphatic rings. The van der Waals surface area contributed by atoms with Crippen LogP contribution in [0.15, 0.2) is 34.7 Å². The molecule has 3 rings (SSSR count). The van der Waals surface area contributed by atoms with Gasteiger partial charge in [-0.05, 0) is 12.8 Å². The molecule has 6 heteroatoms. The van der Waals surface area contributed by atoms with Crippen molar-refractivity contribution >= 4 is 34.0 Å². The Kier molecular flexibility index (Phi) is 5.00. The minimum atomic E-state index is 0.0898. The molecule has 2 aromatic rings. The van der Waals surface area contributed by atoms with E-state index >= 15 is 0 Å². The average molecular weight is 333 g/mol. The third-order valence-corrected chi connectivity index (χ3v) is 5.76. The SMILES string of the molecule is Nc1sc(SCC(=O)NC2CCCC2)nc1-c1ccccc1. The fourth-order valence-corrected chi connectivity index (χ4v) is 4.40. The van der Waals surface area contributed by atoms with E-state index in [1.807, 2.05) is 30.3 Å². The van der Waals surface area contributed by atoms with Gasteiger partial charge < -0.3 is 11.1 Å². The number of carbonyl (C=O) groups excluding carboxylic acids is 1. The molecule has 3 N–H and O–H groups in total. The smallest absolute Gasteiger partial charge is 0.230 e. The summed E-state index contributed by atoms with van der Waals surface area (Å²) in [6, 6.07) is 10.3. The van der Waals surface area contributed by atoms with Gasteiger partial charge in [-0.2, -0.15) is 0 Å². The van der Waals surface area contributed by atoms with Gasteiger partial charge in [-0.15, -0.1) is 0 Å². The largest absolute Gasteiger partial charge is 0.389 e. The lowest BCUT2D eigenvalue weighted by Crippen LogP contribution is -2.33. The van der Waals surface area contributed by atoms with Crippen LogP contribution >= 0.6 is 23.1 Å². The van der Waals surface area contributed by atoms with Crippen molar-refractivity contribution in [3.63, 3.8) is 0 Å². The summed E-state index contributed by atoms with van der Waals surface area (Å²) in [7, 11) is 0. The van der Waals surface area contributed by atoms with Crippen molar-refractivity contribution in [2.24, 2.45) is 0 Å². The molecule has 0 radical (unpaired) electrons. The van der Waals surface area contributed by atoms with Crippen molar-refractivity contribution in [3.8, 4) is 11.3 Å². The van der Waals surface area contributed by atoms with E-state index in [9.17, 15) is 4.79 Å². The standard InChI is InChI=1S/C16H19N3OS2/c17-15-14(11-6-2-1-3-7-11)19-16(22-15)21-10-13(20)18-12-8-4-5-9-12/h1-3,6-7,12H,4-5,8-10,17H2,(H,18,20). The molecule has 1 aromatic carbocycles. The van der Waals surface area contributed by atoms with Gasteiger partial charge in [0.15, 0.2) is 4.34 Å². The van der Waals surface area contributed by atoms with Crippen LogP contribution in [0.4, 0.5) is 5.00 Å². The van der Waals surface area contributed by atoms with Crippen molar-refractivity contribution in [2.45, 2.75) is 36.1 Å². The number of hydrogen-bond acceptors (Lipinski definition) is 5. The first-order chi connectivity index (χ1) is 10.7. The van der Waals surface area contributed by atoms with E-state index in [1.54, 1.807) is 0 Å². The van der Waals surface area contributed by atoms with Gasteiger partial charge in [0, 0.05) is 11.6 Å². The Labute approximate surface area is 138 Å². The second-order valence-electron chi connectivity index (χ2n) is 5.40. The number of hydrogen-bond donors (Lipinski definition) is 2. The Morgan fingerprint density at radius 2 is 2.05 bits per heavy atom. The summed E-state index contributed by atoms with van der Waals surface area (Å²) in [5, 5.41) is 3.79. The van der Waals surface area contributed by atoms with Gasteiger partial charge in [0.25, 0.3) is 0 Å². The van der Waals surface area contributed by atoms with Crippen molar-refractivity contribution in [3.05, 3.63) is 30.3 Å². The minimum Gasteiger partial charge on any atom is -0.389 e. The Morgan fingerprint density at radius 1 is 1.32 bits per heavy atom. The van der Waals surface area contributed by atoms with Crippen LogP contribution in [-0.4, -0.2) is 22.7 Å². The summed E-state index contributed by atoms with van der Waals surface area (Å²) in [4.78, 5) is 16.5. The number of nitrogens with one attached hydrogen (secondary N) is 1. The van der Waals surface area contributed by atoms with Crippen molar-refractivity contribution in [1.29, 1.82) is 0 Å².